The Labute approximate surface area is 232 Å². The van der Waals surface area contributed by atoms with Gasteiger partial charge in [-0.15, -0.1) is 5.10 Å². The lowest BCUT2D eigenvalue weighted by Gasteiger charge is -2.33. The van der Waals surface area contributed by atoms with E-state index < -0.39 is 22.2 Å². The zero-order chi connectivity index (χ0) is 28.9. The van der Waals surface area contributed by atoms with E-state index >= 15 is 0 Å². The summed E-state index contributed by atoms with van der Waals surface area (Å²) >= 11 is 0. The number of rotatable bonds is 9. The molecule has 2 amide bonds. The maximum atomic E-state index is 13.4. The van der Waals surface area contributed by atoms with Gasteiger partial charge in [-0.25, -0.2) is 13.1 Å². The smallest absolute Gasteiger partial charge is 0.246 e. The van der Waals surface area contributed by atoms with E-state index in [2.05, 4.69) is 20.8 Å². The van der Waals surface area contributed by atoms with Crippen LogP contribution < -0.4 is 10.1 Å². The number of hydrogen-bond donors (Lipinski definition) is 2. The zero-order valence-corrected chi connectivity index (χ0v) is 23.4. The van der Waals surface area contributed by atoms with Crippen LogP contribution >= 0.6 is 0 Å². The molecule has 0 unspecified atom stereocenters. The van der Waals surface area contributed by atoms with Gasteiger partial charge in [0.05, 0.1) is 30.5 Å². The molecule has 0 aliphatic carbocycles. The number of tetrazole rings is 1. The molecule has 2 N–H and O–H groups in total. The van der Waals surface area contributed by atoms with E-state index in [1.54, 1.807) is 48.2 Å². The molecule has 1 aliphatic rings. The Morgan fingerprint density at radius 2 is 2.00 bits per heavy atom. The Kier molecular flexibility index (Phi) is 9.12. The number of carbonyl (C=O) groups excluding carboxylic acids is 2. The number of anilines is 1. The minimum Gasteiger partial charge on any atom is -0.488 e. The molecule has 0 saturated carbocycles. The maximum Gasteiger partial charge on any atom is 0.246 e. The van der Waals surface area contributed by atoms with Gasteiger partial charge in [-0.3, -0.25) is 9.59 Å². The normalized spacial score (nSPS) is 18.7. The molecule has 3 aromatic rings. The Morgan fingerprint density at radius 1 is 1.25 bits per heavy atom. The molecule has 3 atom stereocenters. The van der Waals surface area contributed by atoms with Crippen LogP contribution in [0.2, 0.25) is 0 Å². The number of nitrogens with zero attached hydrogens (tertiary/aromatic N) is 6. The first-order valence-corrected chi connectivity index (χ1v) is 14.2. The molecule has 2 heterocycles. The first-order chi connectivity index (χ1) is 19.1. The predicted molar refractivity (Wildman–Crippen MR) is 145 cm³/mol. The van der Waals surface area contributed by atoms with Gasteiger partial charge in [0.1, 0.15) is 24.7 Å². The summed E-state index contributed by atoms with van der Waals surface area (Å²) in [5.74, 6) is -0.459. The molecule has 0 fully saturated rings. The van der Waals surface area contributed by atoms with Crippen molar-refractivity contribution in [3.8, 4) is 5.75 Å². The molecule has 13 nitrogen and oxygen atoms in total. The fourth-order valence-corrected chi connectivity index (χ4v) is 5.65. The van der Waals surface area contributed by atoms with Gasteiger partial charge in [0.2, 0.25) is 21.8 Å². The van der Waals surface area contributed by atoms with E-state index in [9.17, 15) is 23.1 Å². The number of ether oxygens (including phenoxy) is 1. The van der Waals surface area contributed by atoms with Gasteiger partial charge >= 0.3 is 0 Å². The lowest BCUT2D eigenvalue weighted by molar-refractivity contribution is -0.134. The van der Waals surface area contributed by atoms with Crippen molar-refractivity contribution in [1.29, 1.82) is 0 Å². The van der Waals surface area contributed by atoms with Gasteiger partial charge in [0, 0.05) is 30.8 Å². The van der Waals surface area contributed by atoms with Crippen LogP contribution in [0.3, 0.4) is 0 Å². The predicted octanol–water partition coefficient (Wildman–Crippen LogP) is 0.782. The van der Waals surface area contributed by atoms with Crippen molar-refractivity contribution in [2.45, 2.75) is 43.9 Å². The number of aliphatic hydroxyl groups excluding tert-OH is 1. The molecule has 40 heavy (non-hydrogen) atoms. The largest absolute Gasteiger partial charge is 0.488 e. The van der Waals surface area contributed by atoms with E-state index in [1.165, 1.54) is 34.5 Å². The van der Waals surface area contributed by atoms with Crippen LogP contribution in [-0.2, 0) is 32.6 Å². The van der Waals surface area contributed by atoms with E-state index in [0.29, 0.717) is 17.0 Å². The van der Waals surface area contributed by atoms with Gasteiger partial charge in [0.25, 0.3) is 0 Å². The minimum atomic E-state index is -3.79. The Morgan fingerprint density at radius 3 is 2.67 bits per heavy atom. The fraction of sp³-hybridized carbons (Fsp3) is 0.423. The second-order valence-corrected chi connectivity index (χ2v) is 11.9. The summed E-state index contributed by atoms with van der Waals surface area (Å²) in [7, 11) is -2.29. The van der Waals surface area contributed by atoms with Crippen molar-refractivity contribution in [1.82, 2.24) is 29.4 Å². The van der Waals surface area contributed by atoms with E-state index in [-0.39, 0.29) is 55.3 Å². The number of benzene rings is 2. The average Bonchev–Trinajstić information content (AvgIpc) is 3.45. The van der Waals surface area contributed by atoms with Crippen molar-refractivity contribution in [2.75, 3.05) is 32.1 Å². The standard InChI is InChI=1S/C26H33N7O6S/c1-18-13-33(19(2)16-34)26(36)12-20-11-21(28-25(35)15-32-17-27-29-30-32)9-10-23(20)39-24(18)14-31(3)40(37,38)22-7-5-4-6-8-22/h4-11,17-19,24,34H,12-16H2,1-3H3,(H,28,35)/t18-,19-,24+/m0/s1. The van der Waals surface area contributed by atoms with Crippen LogP contribution in [-0.4, -0.2) is 93.6 Å². The third-order valence-electron chi connectivity index (χ3n) is 6.79. The molecule has 14 heteroatoms. The van der Waals surface area contributed by atoms with E-state index in [4.69, 9.17) is 4.74 Å². The highest BCUT2D eigenvalue weighted by Gasteiger charge is 2.33. The molecule has 0 bridgehead atoms. The number of aromatic nitrogens is 4. The number of sulfonamides is 1. The van der Waals surface area contributed by atoms with Crippen LogP contribution in [0.4, 0.5) is 5.69 Å². The number of nitrogens with one attached hydrogen (secondary N) is 1. The topological polar surface area (TPSA) is 160 Å². The summed E-state index contributed by atoms with van der Waals surface area (Å²) in [6.45, 7) is 3.60. The first-order valence-electron chi connectivity index (χ1n) is 12.8. The molecular formula is C26H33N7O6S. The third kappa shape index (κ3) is 6.81. The number of amides is 2. The highest BCUT2D eigenvalue weighted by Crippen LogP contribution is 2.30. The lowest BCUT2D eigenvalue weighted by Crippen LogP contribution is -2.48. The number of fused-ring (bicyclic) bond motifs is 1. The summed E-state index contributed by atoms with van der Waals surface area (Å²) in [5.41, 5.74) is 0.968. The summed E-state index contributed by atoms with van der Waals surface area (Å²) in [6, 6.07) is 12.6. The number of hydrogen-bond acceptors (Lipinski definition) is 9. The van der Waals surface area contributed by atoms with Crippen molar-refractivity contribution in [3.05, 3.63) is 60.4 Å². The second kappa shape index (κ2) is 12.5. The van der Waals surface area contributed by atoms with Gasteiger partial charge in [-0.05, 0) is 47.7 Å². The lowest BCUT2D eigenvalue weighted by atomic mass is 10.0. The number of likely N-dealkylation sites (N-methyl/N-ethyl adjacent to an activating group) is 1. The molecule has 2 aromatic carbocycles. The quantitative estimate of drug-likeness (QED) is 0.378. The molecule has 214 valence electrons. The number of aliphatic hydroxyl groups is 1. The average molecular weight is 572 g/mol. The van der Waals surface area contributed by atoms with E-state index in [1.807, 2.05) is 6.92 Å². The van der Waals surface area contributed by atoms with Gasteiger partial charge in [-0.2, -0.15) is 4.31 Å². The van der Waals surface area contributed by atoms with Crippen LogP contribution in [0.15, 0.2) is 59.8 Å². The van der Waals surface area contributed by atoms with Gasteiger partial charge in [0.15, 0.2) is 0 Å². The third-order valence-corrected chi connectivity index (χ3v) is 8.62. The summed E-state index contributed by atoms with van der Waals surface area (Å²) < 4.78 is 35.4. The molecule has 0 radical (unpaired) electrons. The number of carbonyl (C=O) groups is 2. The molecule has 0 spiro atoms. The molecule has 1 aromatic heterocycles. The Bertz CT molecular complexity index is 1420. The zero-order valence-electron chi connectivity index (χ0n) is 22.5. The van der Waals surface area contributed by atoms with Crippen molar-refractivity contribution in [3.63, 3.8) is 0 Å². The molecule has 4 rings (SSSR count). The van der Waals surface area contributed by atoms with Gasteiger partial charge in [-0.1, -0.05) is 25.1 Å². The Balaban J connectivity index is 1.62. The molecule has 0 saturated heterocycles. The highest BCUT2D eigenvalue weighted by atomic mass is 32.2. The molecular weight excluding hydrogens is 538 g/mol. The highest BCUT2D eigenvalue weighted by molar-refractivity contribution is 7.89. The maximum absolute atomic E-state index is 13.4. The SMILES string of the molecule is C[C@H]1CN([C@@H](C)CO)C(=O)Cc2cc(NC(=O)Cn3cnnn3)ccc2O[C@@H]1CN(C)S(=O)(=O)c1ccccc1. The van der Waals surface area contributed by atoms with Crippen LogP contribution in [0.5, 0.6) is 5.75 Å². The first kappa shape index (κ1) is 29.1. The van der Waals surface area contributed by atoms with Crippen molar-refractivity contribution < 1.29 is 27.9 Å². The van der Waals surface area contributed by atoms with Gasteiger partial charge < -0.3 is 20.1 Å². The van der Waals surface area contributed by atoms with Crippen LogP contribution in [0.25, 0.3) is 0 Å². The summed E-state index contributed by atoms with van der Waals surface area (Å²) in [6.07, 6.45) is 0.666. The molecule has 1 aliphatic heterocycles. The van der Waals surface area contributed by atoms with Crippen molar-refractivity contribution >= 4 is 27.5 Å². The van der Waals surface area contributed by atoms with Crippen molar-refractivity contribution in [2.24, 2.45) is 5.92 Å². The Hall–Kier alpha value is -3.88. The van der Waals surface area contributed by atoms with Crippen LogP contribution in [0, 0.1) is 5.92 Å². The fourth-order valence-electron chi connectivity index (χ4n) is 4.45. The van der Waals surface area contributed by atoms with E-state index in [0.717, 1.165) is 0 Å². The second-order valence-electron chi connectivity index (χ2n) is 9.86. The summed E-state index contributed by atoms with van der Waals surface area (Å²) in [4.78, 5) is 27.6. The monoisotopic (exact) mass is 571 g/mol. The summed E-state index contributed by atoms with van der Waals surface area (Å²) in [5, 5.41) is 23.3. The minimum absolute atomic E-state index is 0.0256. The van der Waals surface area contributed by atoms with Crippen LogP contribution in [0.1, 0.15) is 19.4 Å².